The van der Waals surface area contributed by atoms with Crippen molar-refractivity contribution in [3.8, 4) is 0 Å². The van der Waals surface area contributed by atoms with E-state index in [2.05, 4.69) is 15.9 Å². The van der Waals surface area contributed by atoms with E-state index in [1.807, 2.05) is 0 Å². The number of carboxylic acid groups (broad SMARTS) is 1. The molecule has 0 aromatic carbocycles. The van der Waals surface area contributed by atoms with Crippen LogP contribution >= 0.6 is 15.9 Å². The molecule has 1 N–H and O–H groups in total. The molecule has 0 aromatic rings. The van der Waals surface area contributed by atoms with Crippen molar-refractivity contribution in [3.63, 3.8) is 0 Å². The molecule has 1 heterocycles. The van der Waals surface area contributed by atoms with Crippen LogP contribution in [0.3, 0.4) is 0 Å². The minimum atomic E-state index is -1.34. The van der Waals surface area contributed by atoms with E-state index in [0.29, 0.717) is 30.0 Å². The predicted molar refractivity (Wildman–Crippen MR) is 79.2 cm³/mol. The van der Waals surface area contributed by atoms with Crippen LogP contribution in [0, 0.1) is 0 Å². The Morgan fingerprint density at radius 3 is 2.73 bits per heavy atom. The van der Waals surface area contributed by atoms with Gasteiger partial charge in [-0.15, -0.1) is 0 Å². The molecule has 0 saturated carbocycles. The second kappa shape index (κ2) is 5.24. The Labute approximate surface area is 134 Å². The van der Waals surface area contributed by atoms with Gasteiger partial charge < -0.3 is 9.84 Å². The second-order valence-electron chi connectivity index (χ2n) is 5.08. The number of ether oxygens (including phenoxy) is 1. The van der Waals surface area contributed by atoms with Gasteiger partial charge in [-0.2, -0.15) is 0 Å². The van der Waals surface area contributed by atoms with E-state index in [1.165, 1.54) is 17.9 Å². The molecule has 3 aliphatic rings. The second-order valence-corrected chi connectivity index (χ2v) is 6.10. The first-order valence-corrected chi connectivity index (χ1v) is 7.48. The number of fused-ring (bicyclic) bond motifs is 1. The van der Waals surface area contributed by atoms with E-state index < -0.39 is 17.3 Å². The van der Waals surface area contributed by atoms with Gasteiger partial charge >= 0.3 is 5.97 Å². The number of hydrogen-bond donors (Lipinski definition) is 1. The summed E-state index contributed by atoms with van der Waals surface area (Å²) in [6, 6.07) is 0. The zero-order chi connectivity index (χ0) is 16.0. The largest absolute Gasteiger partial charge is 0.477 e. The first-order valence-electron chi connectivity index (χ1n) is 6.69. The molecule has 0 saturated heterocycles. The number of aliphatic carboxylic acids is 1. The van der Waals surface area contributed by atoms with Crippen LogP contribution in [0.4, 0.5) is 0 Å². The Morgan fingerprint density at radius 1 is 1.36 bits per heavy atom. The lowest BCUT2D eigenvalue weighted by Crippen LogP contribution is -2.37. The van der Waals surface area contributed by atoms with E-state index in [-0.39, 0.29) is 18.1 Å². The molecule has 0 atom stereocenters. The van der Waals surface area contributed by atoms with Crippen LogP contribution in [-0.2, 0) is 19.1 Å². The third kappa shape index (κ3) is 2.21. The fourth-order valence-electron chi connectivity index (χ4n) is 2.70. The monoisotopic (exact) mass is 365 g/mol. The summed E-state index contributed by atoms with van der Waals surface area (Å²) in [4.78, 5) is 36.7. The molecule has 0 bridgehead atoms. The number of ketones is 1. The molecule has 0 radical (unpaired) electrons. The summed E-state index contributed by atoms with van der Waals surface area (Å²) in [6.45, 7) is 1.39. The molecule has 2 aliphatic carbocycles. The number of carbonyl (C=O) groups is 3. The van der Waals surface area contributed by atoms with Gasteiger partial charge in [0.2, 0.25) is 5.91 Å². The Bertz CT molecular complexity index is 741. The zero-order valence-corrected chi connectivity index (χ0v) is 13.3. The standard InChI is InChI=1S/C15H12BrNO5/c1-7(18)17-9-3-4-11(19)13(15(20)21)14(9)22-12-5-2-8(16)6-10(12)17/h3,6H,2,4-5H2,1H3,(H,20,21). The SMILES string of the molecule is CC(=O)N1C2=CCC(=O)C(C(=O)O)=C2OC2=C1C=C(Br)CC2. The highest BCUT2D eigenvalue weighted by Gasteiger charge is 2.39. The van der Waals surface area contributed by atoms with Gasteiger partial charge in [0.25, 0.3) is 0 Å². The maximum absolute atomic E-state index is 12.1. The first-order chi connectivity index (χ1) is 10.4. The van der Waals surface area contributed by atoms with Crippen molar-refractivity contribution in [2.45, 2.75) is 26.2 Å². The fraction of sp³-hybridized carbons (Fsp3) is 0.267. The summed E-state index contributed by atoms with van der Waals surface area (Å²) in [5.41, 5.74) is 0.505. The number of carboxylic acids is 1. The average molecular weight is 366 g/mol. The van der Waals surface area contributed by atoms with Gasteiger partial charge in [-0.05, 0) is 23.1 Å². The van der Waals surface area contributed by atoms with Crippen molar-refractivity contribution in [2.75, 3.05) is 0 Å². The van der Waals surface area contributed by atoms with Crippen molar-refractivity contribution < 1.29 is 24.2 Å². The molecule has 0 unspecified atom stereocenters. The highest BCUT2D eigenvalue weighted by atomic mass is 79.9. The number of Topliss-reactive ketones (excluding diaryl/α,β-unsaturated/α-hetero) is 1. The third-order valence-corrected chi connectivity index (χ3v) is 4.25. The predicted octanol–water partition coefficient (Wildman–Crippen LogP) is 2.34. The smallest absolute Gasteiger partial charge is 0.343 e. The molecular weight excluding hydrogens is 354 g/mol. The van der Waals surface area contributed by atoms with E-state index in [9.17, 15) is 19.5 Å². The van der Waals surface area contributed by atoms with Crippen LogP contribution in [0.5, 0.6) is 0 Å². The number of nitrogens with zero attached hydrogens (tertiary/aromatic N) is 1. The molecule has 0 aromatic heterocycles. The van der Waals surface area contributed by atoms with Crippen LogP contribution in [0.1, 0.15) is 26.2 Å². The molecule has 22 heavy (non-hydrogen) atoms. The highest BCUT2D eigenvalue weighted by Crippen LogP contribution is 2.42. The molecule has 6 nitrogen and oxygen atoms in total. The van der Waals surface area contributed by atoms with E-state index >= 15 is 0 Å². The van der Waals surface area contributed by atoms with E-state index in [4.69, 9.17) is 4.74 Å². The van der Waals surface area contributed by atoms with Crippen molar-refractivity contribution in [1.29, 1.82) is 0 Å². The molecule has 7 heteroatoms. The van der Waals surface area contributed by atoms with Gasteiger partial charge in [0.05, 0.1) is 11.4 Å². The summed E-state index contributed by atoms with van der Waals surface area (Å²) in [5, 5.41) is 9.29. The van der Waals surface area contributed by atoms with Gasteiger partial charge in [0, 0.05) is 19.8 Å². The average Bonchev–Trinajstić information content (AvgIpc) is 2.44. The number of amides is 1. The Morgan fingerprint density at radius 2 is 2.09 bits per heavy atom. The van der Waals surface area contributed by atoms with Gasteiger partial charge in [-0.1, -0.05) is 15.9 Å². The molecule has 1 aliphatic heterocycles. The summed E-state index contributed by atoms with van der Waals surface area (Å²) in [7, 11) is 0. The van der Waals surface area contributed by atoms with Gasteiger partial charge in [0.1, 0.15) is 11.3 Å². The molecule has 114 valence electrons. The Kier molecular flexibility index (Phi) is 3.52. The normalized spacial score (nSPS) is 20.8. The van der Waals surface area contributed by atoms with Crippen molar-refractivity contribution in [2.24, 2.45) is 0 Å². The fourth-order valence-corrected chi connectivity index (χ4v) is 3.11. The minimum Gasteiger partial charge on any atom is -0.477 e. The lowest BCUT2D eigenvalue weighted by atomic mass is 9.96. The minimum absolute atomic E-state index is 0.0378. The summed E-state index contributed by atoms with van der Waals surface area (Å²) in [5.74, 6) is -1.67. The van der Waals surface area contributed by atoms with Crippen LogP contribution < -0.4 is 0 Å². The number of rotatable bonds is 1. The van der Waals surface area contributed by atoms with E-state index in [0.717, 1.165) is 4.48 Å². The van der Waals surface area contributed by atoms with Crippen molar-refractivity contribution in [1.82, 2.24) is 4.90 Å². The van der Waals surface area contributed by atoms with E-state index in [1.54, 1.807) is 6.08 Å². The van der Waals surface area contributed by atoms with Crippen molar-refractivity contribution in [3.05, 3.63) is 45.1 Å². The zero-order valence-electron chi connectivity index (χ0n) is 11.7. The summed E-state index contributed by atoms with van der Waals surface area (Å²) in [6.07, 6.45) is 4.46. The quantitative estimate of drug-likeness (QED) is 0.721. The number of carbonyl (C=O) groups excluding carboxylic acids is 2. The molecular formula is C15H12BrNO5. The Hall–Kier alpha value is -2.15. The lowest BCUT2D eigenvalue weighted by molar-refractivity contribution is -0.135. The number of halogens is 1. The van der Waals surface area contributed by atoms with Gasteiger partial charge in [0.15, 0.2) is 11.5 Å². The Balaban J connectivity index is 2.23. The maximum atomic E-state index is 12.1. The number of hydrogen-bond acceptors (Lipinski definition) is 4. The van der Waals surface area contributed by atoms with Gasteiger partial charge in [-0.25, -0.2) is 4.79 Å². The molecule has 1 amide bonds. The van der Waals surface area contributed by atoms with Crippen LogP contribution in [-0.4, -0.2) is 27.7 Å². The number of allylic oxidation sites excluding steroid dienone is 4. The van der Waals surface area contributed by atoms with Crippen LogP contribution in [0.2, 0.25) is 0 Å². The molecule has 0 spiro atoms. The summed E-state index contributed by atoms with van der Waals surface area (Å²) < 4.78 is 6.63. The van der Waals surface area contributed by atoms with Crippen molar-refractivity contribution >= 4 is 33.6 Å². The first kappa shape index (κ1) is 14.8. The molecule has 3 rings (SSSR count). The third-order valence-electron chi connectivity index (χ3n) is 3.63. The van der Waals surface area contributed by atoms with Crippen LogP contribution in [0.15, 0.2) is 45.1 Å². The lowest BCUT2D eigenvalue weighted by Gasteiger charge is -2.37. The van der Waals surface area contributed by atoms with Crippen LogP contribution in [0.25, 0.3) is 0 Å². The topological polar surface area (TPSA) is 83.9 Å². The highest BCUT2D eigenvalue weighted by molar-refractivity contribution is 9.11. The maximum Gasteiger partial charge on any atom is 0.343 e. The van der Waals surface area contributed by atoms with Gasteiger partial charge in [-0.3, -0.25) is 14.5 Å². The molecule has 0 fully saturated rings. The summed E-state index contributed by atoms with van der Waals surface area (Å²) >= 11 is 3.41.